The number of ether oxygens (including phenoxy) is 2. The van der Waals surface area contributed by atoms with E-state index in [1.807, 2.05) is 63.7 Å². The number of aromatic nitrogens is 3. The Balaban J connectivity index is 1.42. The normalized spacial score (nSPS) is 12.4. The zero-order chi connectivity index (χ0) is 36.1. The third-order valence-corrected chi connectivity index (χ3v) is 9.99. The molecule has 2 aromatic carbocycles. The number of aryl methyl sites for hydroxylation is 4. The van der Waals surface area contributed by atoms with E-state index in [0.29, 0.717) is 66.1 Å². The van der Waals surface area contributed by atoms with Crippen molar-refractivity contribution in [3.8, 4) is 22.6 Å². The molecule has 2 N–H and O–H groups in total. The van der Waals surface area contributed by atoms with Crippen LogP contribution < -0.4 is 20.1 Å². The highest BCUT2D eigenvalue weighted by molar-refractivity contribution is 6.34. The molecule has 0 bridgehead atoms. The largest absolute Gasteiger partial charge is 0.494 e. The molecule has 2 aromatic heterocycles. The van der Waals surface area contributed by atoms with Crippen molar-refractivity contribution in [1.82, 2.24) is 20.1 Å². The second-order valence-electron chi connectivity index (χ2n) is 13.3. The maximum atomic E-state index is 14.1. The number of carbonyl (C=O) groups excluding carboxylic acids is 2. The molecular weight excluding hydrogens is 673 g/mol. The van der Waals surface area contributed by atoms with E-state index in [-0.39, 0.29) is 12.5 Å². The Kier molecular flexibility index (Phi) is 11.9. The Labute approximate surface area is 304 Å². The van der Waals surface area contributed by atoms with Crippen molar-refractivity contribution < 1.29 is 19.1 Å². The maximum Gasteiger partial charge on any atom is 0.298 e. The second kappa shape index (κ2) is 16.1. The third kappa shape index (κ3) is 8.33. The summed E-state index contributed by atoms with van der Waals surface area (Å²) in [5, 5.41) is 12.4. The molecule has 0 spiro atoms. The van der Waals surface area contributed by atoms with Crippen LogP contribution in [-0.4, -0.2) is 40.3 Å². The molecule has 0 aliphatic heterocycles. The minimum Gasteiger partial charge on any atom is -0.494 e. The number of amides is 1. The van der Waals surface area contributed by atoms with Crippen LogP contribution in [0.4, 0.5) is 5.82 Å². The molecule has 1 aliphatic carbocycles. The summed E-state index contributed by atoms with van der Waals surface area (Å²) in [4.78, 5) is 29.9. The average Bonchev–Trinajstić information content (AvgIpc) is 3.55. The number of allylic oxidation sites excluding steroid dienone is 1. The van der Waals surface area contributed by atoms with Crippen LogP contribution in [0.25, 0.3) is 16.7 Å². The maximum absolute atomic E-state index is 14.1. The second-order valence-corrected chi connectivity index (χ2v) is 14.0. The lowest BCUT2D eigenvalue weighted by Gasteiger charge is -2.14. The van der Waals surface area contributed by atoms with Crippen LogP contribution in [0.1, 0.15) is 72.4 Å². The zero-order valence-electron chi connectivity index (χ0n) is 29.8. The first kappa shape index (κ1) is 36.9. The first-order valence-electron chi connectivity index (χ1n) is 16.9. The quantitative estimate of drug-likeness (QED) is 0.0938. The fourth-order valence-electron chi connectivity index (χ4n) is 6.50. The van der Waals surface area contributed by atoms with Crippen LogP contribution in [0.5, 0.6) is 11.5 Å². The molecule has 5 rings (SSSR count). The van der Waals surface area contributed by atoms with Gasteiger partial charge in [-0.05, 0) is 98.9 Å². The molecule has 1 amide bonds. The van der Waals surface area contributed by atoms with E-state index in [1.54, 1.807) is 12.1 Å². The molecule has 0 radical (unpaired) electrons. The molecule has 1 aliphatic rings. The molecule has 0 atom stereocenters. The van der Waals surface area contributed by atoms with Gasteiger partial charge in [-0.2, -0.15) is 5.10 Å². The number of pyridine rings is 1. The number of benzene rings is 2. The molecule has 264 valence electrons. The first-order valence-corrected chi connectivity index (χ1v) is 17.7. The molecular formula is C39H45Cl2N5O4. The minimum absolute atomic E-state index is 0.147. The Hall–Kier alpha value is -4.34. The lowest BCUT2D eigenvalue weighted by molar-refractivity contribution is -0.121. The van der Waals surface area contributed by atoms with Crippen molar-refractivity contribution in [1.29, 1.82) is 0 Å². The molecule has 11 heteroatoms. The molecule has 0 saturated carbocycles. The molecule has 50 heavy (non-hydrogen) atoms. The van der Waals surface area contributed by atoms with Gasteiger partial charge >= 0.3 is 0 Å². The fourth-order valence-corrected chi connectivity index (χ4v) is 6.88. The number of nitrogens with one attached hydrogen (secondary N) is 2. The number of carbonyl (C=O) groups is 2. The average molecular weight is 719 g/mol. The lowest BCUT2D eigenvalue weighted by atomic mass is 9.93. The number of anilines is 1. The summed E-state index contributed by atoms with van der Waals surface area (Å²) in [5.41, 5.74) is 9.93. The SMILES string of the molecule is Cc1cc(OCCCC2=C(C(=O)NCc3cc(OC=O)cc(NCCC(C)C)n3)Cc3c2ccc(Cl)c3-c2c(C)nn(C)c2C)cc(C)c1Cl. The van der Waals surface area contributed by atoms with Gasteiger partial charge in [0.1, 0.15) is 17.3 Å². The van der Waals surface area contributed by atoms with Crippen LogP contribution in [0.2, 0.25) is 10.0 Å². The Morgan fingerprint density at radius 1 is 1.04 bits per heavy atom. The highest BCUT2D eigenvalue weighted by Crippen LogP contribution is 2.45. The van der Waals surface area contributed by atoms with Gasteiger partial charge in [-0.25, -0.2) is 4.98 Å². The molecule has 0 unspecified atom stereocenters. The summed E-state index contributed by atoms with van der Waals surface area (Å²) in [6, 6.07) is 11.1. The van der Waals surface area contributed by atoms with E-state index in [2.05, 4.69) is 34.6 Å². The van der Waals surface area contributed by atoms with E-state index < -0.39 is 0 Å². The van der Waals surface area contributed by atoms with Crippen molar-refractivity contribution in [3.05, 3.63) is 91.4 Å². The minimum atomic E-state index is -0.194. The van der Waals surface area contributed by atoms with Crippen LogP contribution in [0.15, 0.2) is 42.0 Å². The van der Waals surface area contributed by atoms with Crippen LogP contribution in [0.3, 0.4) is 0 Å². The summed E-state index contributed by atoms with van der Waals surface area (Å²) < 4.78 is 13.1. The summed E-state index contributed by atoms with van der Waals surface area (Å²) >= 11 is 13.3. The highest BCUT2D eigenvalue weighted by atomic mass is 35.5. The van der Waals surface area contributed by atoms with Crippen molar-refractivity contribution in [2.75, 3.05) is 18.5 Å². The summed E-state index contributed by atoms with van der Waals surface area (Å²) in [6.07, 6.45) is 2.68. The van der Waals surface area contributed by atoms with Crippen LogP contribution in [-0.2, 0) is 29.6 Å². The van der Waals surface area contributed by atoms with E-state index in [4.69, 9.17) is 32.7 Å². The van der Waals surface area contributed by atoms with Crippen LogP contribution in [0, 0.1) is 33.6 Å². The molecule has 0 saturated heterocycles. The standard InChI is InChI=1S/C39H45Cl2N5O4/c1-22(2)12-13-42-35-18-29(50-21-47)17-27(44-35)20-43-39(48)33-19-32-31(10-11-34(40)37(32)36-25(5)45-46(7)26(36)6)30(33)9-8-14-49-28-15-23(3)38(41)24(4)16-28/h10-11,15-18,21-22H,8-9,12-14,19-20H2,1-7H3,(H,42,44)(H,43,48). The van der Waals surface area contributed by atoms with E-state index >= 15 is 0 Å². The van der Waals surface area contributed by atoms with Gasteiger partial charge in [-0.3, -0.25) is 14.3 Å². The number of halogens is 2. The van der Waals surface area contributed by atoms with Crippen molar-refractivity contribution >= 4 is 47.0 Å². The van der Waals surface area contributed by atoms with Crippen molar-refractivity contribution in [2.45, 2.75) is 73.8 Å². The van der Waals surface area contributed by atoms with Crippen molar-refractivity contribution in [3.63, 3.8) is 0 Å². The van der Waals surface area contributed by atoms with E-state index in [9.17, 15) is 9.59 Å². The topological polar surface area (TPSA) is 107 Å². The van der Waals surface area contributed by atoms with Crippen molar-refractivity contribution in [2.24, 2.45) is 13.0 Å². The molecule has 2 heterocycles. The Morgan fingerprint density at radius 2 is 1.78 bits per heavy atom. The number of nitrogens with zero attached hydrogens (tertiary/aromatic N) is 3. The fraction of sp³-hybridized carbons (Fsp3) is 0.385. The van der Waals surface area contributed by atoms with Gasteiger partial charge in [-0.1, -0.05) is 43.1 Å². The molecule has 0 fully saturated rings. The smallest absolute Gasteiger partial charge is 0.298 e. The predicted molar refractivity (Wildman–Crippen MR) is 200 cm³/mol. The van der Waals surface area contributed by atoms with Gasteiger partial charge in [0, 0.05) is 64.6 Å². The monoisotopic (exact) mass is 717 g/mol. The first-order chi connectivity index (χ1) is 23.9. The van der Waals surface area contributed by atoms with Crippen LogP contribution >= 0.6 is 23.2 Å². The van der Waals surface area contributed by atoms with E-state index in [1.165, 1.54) is 0 Å². The van der Waals surface area contributed by atoms with Gasteiger partial charge in [0.2, 0.25) is 5.91 Å². The summed E-state index contributed by atoms with van der Waals surface area (Å²) in [6.45, 7) is 14.0. The predicted octanol–water partition coefficient (Wildman–Crippen LogP) is 8.50. The summed E-state index contributed by atoms with van der Waals surface area (Å²) in [7, 11) is 1.92. The lowest BCUT2D eigenvalue weighted by Crippen LogP contribution is -2.26. The number of hydrogen-bond acceptors (Lipinski definition) is 7. The van der Waals surface area contributed by atoms with Gasteiger partial charge in [-0.15, -0.1) is 0 Å². The van der Waals surface area contributed by atoms with Gasteiger partial charge in [0.25, 0.3) is 6.47 Å². The van der Waals surface area contributed by atoms with E-state index in [0.717, 1.165) is 74.1 Å². The highest BCUT2D eigenvalue weighted by Gasteiger charge is 2.31. The number of hydrogen-bond donors (Lipinski definition) is 2. The third-order valence-electron chi connectivity index (χ3n) is 9.08. The summed E-state index contributed by atoms with van der Waals surface area (Å²) in [5.74, 6) is 2.03. The number of fused-ring (bicyclic) bond motifs is 1. The van der Waals surface area contributed by atoms with Gasteiger partial charge in [0.15, 0.2) is 0 Å². The van der Waals surface area contributed by atoms with Gasteiger partial charge in [0.05, 0.1) is 24.5 Å². The Morgan fingerprint density at radius 3 is 2.44 bits per heavy atom. The number of rotatable bonds is 15. The Bertz CT molecular complexity index is 1930. The zero-order valence-corrected chi connectivity index (χ0v) is 31.3. The molecule has 9 nitrogen and oxygen atoms in total. The van der Waals surface area contributed by atoms with Gasteiger partial charge < -0.3 is 20.1 Å². The molecule has 4 aromatic rings.